The van der Waals surface area contributed by atoms with Gasteiger partial charge in [-0.3, -0.25) is 9.59 Å². The predicted octanol–water partition coefficient (Wildman–Crippen LogP) is 1.19. The van der Waals surface area contributed by atoms with E-state index in [0.29, 0.717) is 5.69 Å². The first-order valence-corrected chi connectivity index (χ1v) is 6.59. The molecule has 0 saturated heterocycles. The molecule has 2 rings (SSSR count). The first-order valence-electron chi connectivity index (χ1n) is 5.80. The summed E-state index contributed by atoms with van der Waals surface area (Å²) in [5, 5.41) is 18.4. The maximum absolute atomic E-state index is 13.7. The molecule has 0 unspecified atom stereocenters. The van der Waals surface area contributed by atoms with Crippen LogP contribution >= 0.6 is 15.9 Å². The molecule has 7 nitrogen and oxygen atoms in total. The molecule has 0 fully saturated rings. The van der Waals surface area contributed by atoms with Gasteiger partial charge < -0.3 is 10.4 Å². The Morgan fingerprint density at radius 2 is 2.19 bits per heavy atom. The Morgan fingerprint density at radius 3 is 2.90 bits per heavy atom. The van der Waals surface area contributed by atoms with E-state index < -0.39 is 17.7 Å². The summed E-state index contributed by atoms with van der Waals surface area (Å²) in [5.41, 5.74) is 0.280. The zero-order valence-electron chi connectivity index (χ0n) is 10.6. The highest BCUT2D eigenvalue weighted by Gasteiger charge is 2.14. The lowest BCUT2D eigenvalue weighted by molar-refractivity contribution is -0.137. The maximum atomic E-state index is 13.7. The van der Waals surface area contributed by atoms with Crippen molar-refractivity contribution in [3.05, 3.63) is 45.9 Å². The van der Waals surface area contributed by atoms with E-state index in [9.17, 15) is 14.0 Å². The number of amides is 1. The third-order valence-electron chi connectivity index (χ3n) is 2.51. The minimum atomic E-state index is -1.05. The fourth-order valence-electron chi connectivity index (χ4n) is 1.58. The summed E-state index contributed by atoms with van der Waals surface area (Å²) in [4.78, 5) is 22.3. The molecule has 9 heteroatoms. The number of carboxylic acids is 1. The number of nitrogens with one attached hydrogen (secondary N) is 1. The number of carbonyl (C=O) groups excluding carboxylic acids is 1. The van der Waals surface area contributed by atoms with Crippen molar-refractivity contribution in [3.8, 4) is 0 Å². The van der Waals surface area contributed by atoms with Gasteiger partial charge in [-0.1, -0.05) is 11.3 Å². The summed E-state index contributed by atoms with van der Waals surface area (Å²) in [7, 11) is 0. The molecule has 2 N–H and O–H groups in total. The number of rotatable bonds is 5. The number of aromatic nitrogens is 3. The summed E-state index contributed by atoms with van der Waals surface area (Å²) in [6.45, 7) is -0.300. The van der Waals surface area contributed by atoms with Gasteiger partial charge in [-0.15, -0.1) is 5.10 Å². The molecule has 110 valence electrons. The molecule has 2 aromatic rings. The van der Waals surface area contributed by atoms with Gasteiger partial charge in [0.05, 0.1) is 22.8 Å². The van der Waals surface area contributed by atoms with E-state index in [2.05, 4.69) is 31.6 Å². The third-order valence-corrected chi connectivity index (χ3v) is 3.12. The normalized spacial score (nSPS) is 10.4. The van der Waals surface area contributed by atoms with Crippen LogP contribution in [0.3, 0.4) is 0 Å². The Balaban J connectivity index is 1.99. The molecule has 0 radical (unpaired) electrons. The van der Waals surface area contributed by atoms with Crippen molar-refractivity contribution < 1.29 is 19.1 Å². The van der Waals surface area contributed by atoms with Gasteiger partial charge in [0, 0.05) is 0 Å². The van der Waals surface area contributed by atoms with Gasteiger partial charge in [-0.2, -0.15) is 0 Å². The van der Waals surface area contributed by atoms with E-state index >= 15 is 0 Å². The van der Waals surface area contributed by atoms with Crippen LogP contribution in [0.5, 0.6) is 0 Å². The van der Waals surface area contributed by atoms with Gasteiger partial charge in [-0.25, -0.2) is 9.07 Å². The maximum Gasteiger partial charge on any atom is 0.325 e. The topological polar surface area (TPSA) is 97.1 Å². The van der Waals surface area contributed by atoms with Crippen LogP contribution in [0.2, 0.25) is 0 Å². The van der Waals surface area contributed by atoms with Crippen LogP contribution in [0.25, 0.3) is 0 Å². The van der Waals surface area contributed by atoms with Crippen LogP contribution in [-0.4, -0.2) is 32.0 Å². The van der Waals surface area contributed by atoms with Gasteiger partial charge in [0.25, 0.3) is 5.91 Å². The Labute approximate surface area is 126 Å². The summed E-state index contributed by atoms with van der Waals surface area (Å²) in [6.07, 6.45) is 1.39. The molecule has 0 spiro atoms. The second-order valence-corrected chi connectivity index (χ2v) is 4.94. The van der Waals surface area contributed by atoms with Crippen LogP contribution in [0, 0.1) is 5.82 Å². The number of hydrogen-bond acceptors (Lipinski definition) is 4. The fraction of sp³-hybridized carbons (Fsp3) is 0.167. The molecule has 1 amide bonds. The average molecular weight is 357 g/mol. The monoisotopic (exact) mass is 356 g/mol. The van der Waals surface area contributed by atoms with Crippen molar-refractivity contribution >= 4 is 27.8 Å². The molecular formula is C12H10BrFN4O3. The van der Waals surface area contributed by atoms with Gasteiger partial charge in [0.1, 0.15) is 18.1 Å². The molecule has 0 aliphatic rings. The largest absolute Gasteiger partial charge is 0.480 e. The molecular weight excluding hydrogens is 347 g/mol. The number of benzene rings is 1. The highest BCUT2D eigenvalue weighted by atomic mass is 79.9. The summed E-state index contributed by atoms with van der Waals surface area (Å²) < 4.78 is 15.0. The van der Waals surface area contributed by atoms with E-state index in [1.165, 1.54) is 18.3 Å². The van der Waals surface area contributed by atoms with Crippen molar-refractivity contribution in [2.45, 2.75) is 13.1 Å². The third kappa shape index (κ3) is 3.85. The zero-order chi connectivity index (χ0) is 15.4. The highest BCUT2D eigenvalue weighted by molar-refractivity contribution is 9.10. The van der Waals surface area contributed by atoms with E-state index in [1.807, 2.05) is 0 Å². The van der Waals surface area contributed by atoms with E-state index in [0.717, 1.165) is 4.68 Å². The summed E-state index contributed by atoms with van der Waals surface area (Å²) in [6, 6.07) is 4.39. The molecule has 1 aromatic heterocycles. The second-order valence-electron chi connectivity index (χ2n) is 4.09. The van der Waals surface area contributed by atoms with E-state index in [4.69, 9.17) is 5.11 Å². The Morgan fingerprint density at radius 1 is 1.43 bits per heavy atom. The Kier molecular flexibility index (Phi) is 4.63. The molecule has 0 aliphatic heterocycles. The fourth-order valence-corrected chi connectivity index (χ4v) is 1.95. The Bertz CT molecular complexity index is 689. The van der Waals surface area contributed by atoms with Gasteiger partial charge in [0.2, 0.25) is 0 Å². The number of aliphatic carboxylic acids is 1. The molecule has 0 atom stereocenters. The number of halogens is 2. The first kappa shape index (κ1) is 15.1. The van der Waals surface area contributed by atoms with Crippen LogP contribution in [-0.2, 0) is 17.9 Å². The van der Waals surface area contributed by atoms with Crippen molar-refractivity contribution in [2.24, 2.45) is 0 Å². The van der Waals surface area contributed by atoms with Gasteiger partial charge in [-0.05, 0) is 28.1 Å². The van der Waals surface area contributed by atoms with Crippen LogP contribution in [0.4, 0.5) is 4.39 Å². The molecule has 1 heterocycles. The van der Waals surface area contributed by atoms with Gasteiger partial charge in [0.15, 0.2) is 0 Å². The van der Waals surface area contributed by atoms with Crippen molar-refractivity contribution in [1.82, 2.24) is 20.3 Å². The predicted molar refractivity (Wildman–Crippen MR) is 72.9 cm³/mol. The lowest BCUT2D eigenvalue weighted by Crippen LogP contribution is -2.24. The average Bonchev–Trinajstić information content (AvgIpc) is 2.86. The minimum Gasteiger partial charge on any atom is -0.480 e. The van der Waals surface area contributed by atoms with E-state index in [-0.39, 0.29) is 23.1 Å². The smallest absolute Gasteiger partial charge is 0.325 e. The summed E-state index contributed by atoms with van der Waals surface area (Å²) in [5.74, 6) is -2.29. The number of carboxylic acid groups (broad SMARTS) is 1. The number of hydrogen-bond donors (Lipinski definition) is 2. The van der Waals surface area contributed by atoms with Crippen LogP contribution < -0.4 is 5.32 Å². The summed E-state index contributed by atoms with van der Waals surface area (Å²) >= 11 is 3.00. The quantitative estimate of drug-likeness (QED) is 0.838. The highest BCUT2D eigenvalue weighted by Crippen LogP contribution is 2.18. The standard InChI is InChI=1S/C12H10BrFN4O3/c13-9-3-1-2-8(11(9)14)12(21)15-4-7-5-18(17-16-7)6-10(19)20/h1-3,5H,4,6H2,(H,15,21)(H,19,20). The van der Waals surface area contributed by atoms with Crippen molar-refractivity contribution in [1.29, 1.82) is 0 Å². The number of nitrogens with zero attached hydrogens (tertiary/aromatic N) is 3. The lowest BCUT2D eigenvalue weighted by atomic mass is 10.2. The minimum absolute atomic E-state index is 0.0183. The van der Waals surface area contributed by atoms with Crippen LogP contribution in [0.15, 0.2) is 28.9 Å². The van der Waals surface area contributed by atoms with Crippen molar-refractivity contribution in [2.75, 3.05) is 0 Å². The lowest BCUT2D eigenvalue weighted by Gasteiger charge is -2.05. The molecule has 0 bridgehead atoms. The molecule has 0 saturated carbocycles. The van der Waals surface area contributed by atoms with Crippen LogP contribution in [0.1, 0.15) is 16.1 Å². The molecule has 0 aliphatic carbocycles. The SMILES string of the molecule is O=C(O)Cn1cc(CNC(=O)c2cccc(Br)c2F)nn1. The zero-order valence-corrected chi connectivity index (χ0v) is 12.2. The van der Waals surface area contributed by atoms with Crippen molar-refractivity contribution in [3.63, 3.8) is 0 Å². The molecule has 21 heavy (non-hydrogen) atoms. The van der Waals surface area contributed by atoms with Gasteiger partial charge >= 0.3 is 5.97 Å². The second kappa shape index (κ2) is 6.44. The van der Waals surface area contributed by atoms with E-state index in [1.54, 1.807) is 6.07 Å². The number of carbonyl (C=O) groups is 2. The Hall–Kier alpha value is -2.29. The first-order chi connectivity index (χ1) is 9.97. The molecule has 1 aromatic carbocycles.